The fourth-order valence-electron chi connectivity index (χ4n) is 1.72. The molecule has 3 heteroatoms. The Morgan fingerprint density at radius 1 is 1.36 bits per heavy atom. The molecule has 1 heterocycles. The molecular formula is C11H12BrNO. The summed E-state index contributed by atoms with van der Waals surface area (Å²) in [5.41, 5.74) is 4.32. The molecule has 0 bridgehead atoms. The Bertz CT molecular complexity index is 487. The van der Waals surface area contributed by atoms with E-state index in [0.717, 1.165) is 26.6 Å². The van der Waals surface area contributed by atoms with Crippen molar-refractivity contribution in [2.45, 2.75) is 20.5 Å². The van der Waals surface area contributed by atoms with Crippen molar-refractivity contribution in [3.63, 3.8) is 0 Å². The average Bonchev–Trinajstić information content (AvgIpc) is 2.42. The Kier molecular flexibility index (Phi) is 2.37. The number of hydrogen-bond acceptors (Lipinski definition) is 1. The maximum atomic E-state index is 9.23. The molecule has 0 fully saturated rings. The number of fused-ring (bicyclic) bond motifs is 1. The largest absolute Gasteiger partial charge is 0.392 e. The molecule has 0 radical (unpaired) electrons. The minimum absolute atomic E-state index is 0.0847. The highest BCUT2D eigenvalue weighted by Crippen LogP contribution is 2.28. The van der Waals surface area contributed by atoms with Gasteiger partial charge in [-0.1, -0.05) is 15.9 Å². The van der Waals surface area contributed by atoms with E-state index >= 15 is 0 Å². The maximum Gasteiger partial charge on any atom is 0.0705 e. The van der Waals surface area contributed by atoms with E-state index in [2.05, 4.69) is 40.0 Å². The third-order valence-electron chi connectivity index (χ3n) is 2.56. The van der Waals surface area contributed by atoms with Crippen molar-refractivity contribution in [3.05, 3.63) is 33.4 Å². The normalized spacial score (nSPS) is 11.1. The van der Waals surface area contributed by atoms with E-state index in [-0.39, 0.29) is 6.61 Å². The third-order valence-corrected chi connectivity index (χ3v) is 3.41. The molecule has 0 saturated heterocycles. The maximum absolute atomic E-state index is 9.23. The molecule has 14 heavy (non-hydrogen) atoms. The van der Waals surface area contributed by atoms with E-state index < -0.39 is 0 Å². The van der Waals surface area contributed by atoms with Gasteiger partial charge in [-0.2, -0.15) is 0 Å². The molecule has 2 N–H and O–H groups in total. The van der Waals surface area contributed by atoms with Crippen LogP contribution in [0.15, 0.2) is 16.6 Å². The van der Waals surface area contributed by atoms with Crippen LogP contribution in [0.25, 0.3) is 10.9 Å². The molecule has 0 spiro atoms. The first-order chi connectivity index (χ1) is 6.63. The van der Waals surface area contributed by atoms with Crippen LogP contribution >= 0.6 is 15.9 Å². The van der Waals surface area contributed by atoms with Crippen molar-refractivity contribution < 1.29 is 5.11 Å². The number of aryl methyl sites for hydroxylation is 2. The molecular weight excluding hydrogens is 242 g/mol. The number of aromatic nitrogens is 1. The van der Waals surface area contributed by atoms with Gasteiger partial charge in [0.2, 0.25) is 0 Å². The lowest BCUT2D eigenvalue weighted by molar-refractivity contribution is 0.282. The molecule has 2 rings (SSSR count). The number of rotatable bonds is 1. The second-order valence-electron chi connectivity index (χ2n) is 3.53. The van der Waals surface area contributed by atoms with Crippen LogP contribution in [0.3, 0.4) is 0 Å². The zero-order valence-electron chi connectivity index (χ0n) is 8.19. The first-order valence-corrected chi connectivity index (χ1v) is 5.31. The van der Waals surface area contributed by atoms with Gasteiger partial charge < -0.3 is 10.1 Å². The highest BCUT2D eigenvalue weighted by molar-refractivity contribution is 9.10. The molecule has 2 nitrogen and oxygen atoms in total. The molecule has 0 amide bonds. The van der Waals surface area contributed by atoms with Crippen molar-refractivity contribution in [1.29, 1.82) is 0 Å². The van der Waals surface area contributed by atoms with Crippen molar-refractivity contribution >= 4 is 26.8 Å². The molecule has 0 aliphatic carbocycles. The Morgan fingerprint density at radius 2 is 2.07 bits per heavy atom. The number of nitrogens with one attached hydrogen (secondary N) is 1. The van der Waals surface area contributed by atoms with E-state index in [0.29, 0.717) is 0 Å². The summed E-state index contributed by atoms with van der Waals surface area (Å²) in [5, 5.41) is 10.3. The SMILES string of the molecule is Cc1cc2[nH]c(C)c(CO)c2cc1Br. The molecule has 1 aromatic heterocycles. The van der Waals surface area contributed by atoms with Crippen LogP contribution in [0, 0.1) is 13.8 Å². The fourth-order valence-corrected chi connectivity index (χ4v) is 2.06. The lowest BCUT2D eigenvalue weighted by Gasteiger charge is -1.99. The van der Waals surface area contributed by atoms with Gasteiger partial charge in [-0.25, -0.2) is 0 Å². The Labute approximate surface area is 91.1 Å². The quantitative estimate of drug-likeness (QED) is 0.806. The number of aromatic amines is 1. The predicted octanol–water partition coefficient (Wildman–Crippen LogP) is 3.04. The smallest absolute Gasteiger partial charge is 0.0705 e. The topological polar surface area (TPSA) is 36.0 Å². The molecule has 0 atom stereocenters. The van der Waals surface area contributed by atoms with E-state index in [1.165, 1.54) is 5.56 Å². The van der Waals surface area contributed by atoms with Crippen molar-refractivity contribution in [1.82, 2.24) is 4.98 Å². The summed E-state index contributed by atoms with van der Waals surface area (Å²) >= 11 is 3.49. The first kappa shape index (κ1) is 9.74. The molecule has 1 aromatic carbocycles. The van der Waals surface area contributed by atoms with E-state index in [1.807, 2.05) is 6.92 Å². The van der Waals surface area contributed by atoms with Crippen LogP contribution in [0.1, 0.15) is 16.8 Å². The van der Waals surface area contributed by atoms with Gasteiger partial charge in [-0.05, 0) is 31.5 Å². The van der Waals surface area contributed by atoms with Gasteiger partial charge >= 0.3 is 0 Å². The Balaban J connectivity index is 2.82. The lowest BCUT2D eigenvalue weighted by atomic mass is 10.1. The molecule has 2 aromatic rings. The number of H-pyrrole nitrogens is 1. The van der Waals surface area contributed by atoms with Gasteiger partial charge in [-0.15, -0.1) is 0 Å². The second kappa shape index (κ2) is 3.41. The van der Waals surface area contributed by atoms with Gasteiger partial charge in [0.15, 0.2) is 0 Å². The monoisotopic (exact) mass is 253 g/mol. The Morgan fingerprint density at radius 3 is 2.71 bits per heavy atom. The van der Waals surface area contributed by atoms with Crippen LogP contribution in [-0.2, 0) is 6.61 Å². The summed E-state index contributed by atoms with van der Waals surface area (Å²) in [6, 6.07) is 4.14. The summed E-state index contributed by atoms with van der Waals surface area (Å²) in [7, 11) is 0. The van der Waals surface area contributed by atoms with E-state index in [4.69, 9.17) is 0 Å². The lowest BCUT2D eigenvalue weighted by Crippen LogP contribution is -1.83. The van der Waals surface area contributed by atoms with Crippen molar-refractivity contribution in [2.24, 2.45) is 0 Å². The molecule has 0 unspecified atom stereocenters. The summed E-state index contributed by atoms with van der Waals surface area (Å²) in [6.07, 6.45) is 0. The average molecular weight is 254 g/mol. The Hall–Kier alpha value is -0.800. The molecule has 0 aliphatic heterocycles. The van der Waals surface area contributed by atoms with Gasteiger partial charge in [0.1, 0.15) is 0 Å². The second-order valence-corrected chi connectivity index (χ2v) is 4.39. The number of aliphatic hydroxyl groups is 1. The molecule has 74 valence electrons. The van der Waals surface area contributed by atoms with Crippen molar-refractivity contribution in [2.75, 3.05) is 0 Å². The van der Waals surface area contributed by atoms with Gasteiger partial charge in [0, 0.05) is 26.6 Å². The predicted molar refractivity (Wildman–Crippen MR) is 61.4 cm³/mol. The van der Waals surface area contributed by atoms with Crippen LogP contribution < -0.4 is 0 Å². The van der Waals surface area contributed by atoms with Crippen molar-refractivity contribution in [3.8, 4) is 0 Å². The minimum atomic E-state index is 0.0847. The summed E-state index contributed by atoms with van der Waals surface area (Å²) in [5.74, 6) is 0. The third kappa shape index (κ3) is 1.37. The highest BCUT2D eigenvalue weighted by Gasteiger charge is 2.08. The zero-order chi connectivity index (χ0) is 10.3. The highest BCUT2D eigenvalue weighted by atomic mass is 79.9. The number of halogens is 1. The van der Waals surface area contributed by atoms with Crippen LogP contribution in [0.2, 0.25) is 0 Å². The zero-order valence-corrected chi connectivity index (χ0v) is 9.77. The number of aliphatic hydroxyl groups excluding tert-OH is 1. The molecule has 0 aliphatic rings. The number of benzene rings is 1. The fraction of sp³-hybridized carbons (Fsp3) is 0.273. The summed E-state index contributed by atoms with van der Waals surface area (Å²) < 4.78 is 1.08. The summed E-state index contributed by atoms with van der Waals surface area (Å²) in [6.45, 7) is 4.12. The van der Waals surface area contributed by atoms with Gasteiger partial charge in [0.05, 0.1) is 6.61 Å². The van der Waals surface area contributed by atoms with Crippen LogP contribution in [0.4, 0.5) is 0 Å². The first-order valence-electron chi connectivity index (χ1n) is 4.51. The van der Waals surface area contributed by atoms with Gasteiger partial charge in [-0.3, -0.25) is 0 Å². The van der Waals surface area contributed by atoms with E-state index in [1.54, 1.807) is 0 Å². The van der Waals surface area contributed by atoms with E-state index in [9.17, 15) is 5.11 Å². The minimum Gasteiger partial charge on any atom is -0.392 e. The summed E-state index contributed by atoms with van der Waals surface area (Å²) in [4.78, 5) is 3.27. The number of hydrogen-bond donors (Lipinski definition) is 2. The van der Waals surface area contributed by atoms with Crippen LogP contribution in [0.5, 0.6) is 0 Å². The molecule has 0 saturated carbocycles. The van der Waals surface area contributed by atoms with Gasteiger partial charge in [0.25, 0.3) is 0 Å². The standard InChI is InChI=1S/C11H12BrNO/c1-6-3-11-8(4-10(6)12)9(5-14)7(2)13-11/h3-4,13-14H,5H2,1-2H3. The van der Waals surface area contributed by atoms with Crippen LogP contribution in [-0.4, -0.2) is 10.1 Å².